The highest BCUT2D eigenvalue weighted by molar-refractivity contribution is 5.85. The van der Waals surface area contributed by atoms with Crippen molar-refractivity contribution in [2.24, 2.45) is 40.7 Å². The predicted octanol–water partition coefficient (Wildman–Crippen LogP) is 2.81. The quantitative estimate of drug-likeness (QED) is 0.737. The molecule has 32 heavy (non-hydrogen) atoms. The monoisotopic (exact) mass is 436 g/mol. The Hall–Kier alpha value is -1.61. The molecule has 0 spiro atoms. The fourth-order valence-electron chi connectivity index (χ4n) is 9.75. The first-order chi connectivity index (χ1) is 15.5. The van der Waals surface area contributed by atoms with E-state index in [-0.39, 0.29) is 41.4 Å². The van der Waals surface area contributed by atoms with Crippen molar-refractivity contribution in [1.29, 1.82) is 5.26 Å². The van der Waals surface area contributed by atoms with E-state index < -0.39 is 6.04 Å². The number of hydrogen-bond acceptors (Lipinski definition) is 4. The number of rotatable bonds is 3. The molecule has 0 aromatic rings. The van der Waals surface area contributed by atoms with Gasteiger partial charge in [-0.15, -0.1) is 0 Å². The SMILES string of the molecule is N#CC1CC2CC2N1C(=O)C(N)C1CC2CCC(C1)N2C(=O)C12CC3CC(CC(C3)C1)C2. The van der Waals surface area contributed by atoms with Crippen LogP contribution in [0, 0.1) is 46.3 Å². The van der Waals surface area contributed by atoms with Crippen molar-refractivity contribution >= 4 is 11.8 Å². The van der Waals surface area contributed by atoms with Gasteiger partial charge in [0.2, 0.25) is 11.8 Å². The van der Waals surface area contributed by atoms with Crippen molar-refractivity contribution in [3.05, 3.63) is 0 Å². The first kappa shape index (κ1) is 19.8. The summed E-state index contributed by atoms with van der Waals surface area (Å²) in [6.45, 7) is 0. The van der Waals surface area contributed by atoms with Crippen LogP contribution in [-0.4, -0.2) is 51.8 Å². The molecule has 3 saturated heterocycles. The number of nitriles is 1. The van der Waals surface area contributed by atoms with E-state index in [0.29, 0.717) is 11.8 Å². The van der Waals surface area contributed by atoms with Gasteiger partial charge in [0, 0.05) is 18.1 Å². The summed E-state index contributed by atoms with van der Waals surface area (Å²) >= 11 is 0. The molecule has 0 aromatic heterocycles. The highest BCUT2D eigenvalue weighted by Crippen LogP contribution is 2.61. The molecular formula is C26H36N4O2. The zero-order chi connectivity index (χ0) is 21.8. The van der Waals surface area contributed by atoms with Gasteiger partial charge in [-0.1, -0.05) is 0 Å². The molecule has 0 aromatic carbocycles. The summed E-state index contributed by atoms with van der Waals surface area (Å²) in [6, 6.07) is 2.30. The highest BCUT2D eigenvalue weighted by Gasteiger charge is 2.59. The van der Waals surface area contributed by atoms with Crippen molar-refractivity contribution in [2.75, 3.05) is 0 Å². The van der Waals surface area contributed by atoms with Crippen LogP contribution < -0.4 is 5.73 Å². The summed E-state index contributed by atoms with van der Waals surface area (Å²) in [5.74, 6) is 3.46. The van der Waals surface area contributed by atoms with Gasteiger partial charge in [0.1, 0.15) is 6.04 Å². The van der Waals surface area contributed by atoms with E-state index in [1.807, 2.05) is 4.90 Å². The molecule has 6 nitrogen and oxygen atoms in total. The predicted molar refractivity (Wildman–Crippen MR) is 118 cm³/mol. The molecule has 6 bridgehead atoms. The van der Waals surface area contributed by atoms with Gasteiger partial charge in [0.05, 0.1) is 17.5 Å². The lowest BCUT2D eigenvalue weighted by atomic mass is 9.49. The smallest absolute Gasteiger partial charge is 0.241 e. The lowest BCUT2D eigenvalue weighted by molar-refractivity contribution is -0.163. The van der Waals surface area contributed by atoms with Crippen molar-refractivity contribution in [3.8, 4) is 6.07 Å². The zero-order valence-corrected chi connectivity index (χ0v) is 19.0. The Morgan fingerprint density at radius 3 is 2.03 bits per heavy atom. The number of fused-ring (bicyclic) bond motifs is 3. The molecule has 6 heteroatoms. The zero-order valence-electron chi connectivity index (χ0n) is 19.0. The fraction of sp³-hybridized carbons (Fsp3) is 0.885. The molecule has 2 amide bonds. The molecule has 8 aliphatic rings. The van der Waals surface area contributed by atoms with Crippen molar-refractivity contribution in [1.82, 2.24) is 9.80 Å². The van der Waals surface area contributed by atoms with Gasteiger partial charge in [-0.2, -0.15) is 5.26 Å². The molecule has 8 fully saturated rings. The van der Waals surface area contributed by atoms with E-state index >= 15 is 0 Å². The van der Waals surface area contributed by atoms with Gasteiger partial charge in [-0.3, -0.25) is 9.59 Å². The number of carbonyl (C=O) groups excluding carboxylic acids is 2. The number of amides is 2. The van der Waals surface area contributed by atoms with Gasteiger partial charge in [-0.25, -0.2) is 0 Å². The first-order valence-corrected chi connectivity index (χ1v) is 13.3. The number of hydrogen-bond donors (Lipinski definition) is 1. The third-order valence-corrected chi connectivity index (χ3v) is 10.8. The largest absolute Gasteiger partial charge is 0.336 e. The molecule has 5 aliphatic carbocycles. The number of nitrogens with two attached hydrogens (primary N) is 1. The van der Waals surface area contributed by atoms with Crippen LogP contribution in [0.5, 0.6) is 0 Å². The molecule has 8 rings (SSSR count). The molecular weight excluding hydrogens is 400 g/mol. The number of nitrogens with zero attached hydrogens (tertiary/aromatic N) is 3. The summed E-state index contributed by atoms with van der Waals surface area (Å²) in [7, 11) is 0. The van der Waals surface area contributed by atoms with Gasteiger partial charge in [-0.05, 0) is 107 Å². The average Bonchev–Trinajstić information content (AvgIpc) is 3.36. The molecule has 6 atom stereocenters. The van der Waals surface area contributed by atoms with Gasteiger partial charge in [0.25, 0.3) is 0 Å². The summed E-state index contributed by atoms with van der Waals surface area (Å²) in [5.41, 5.74) is 6.51. The third-order valence-electron chi connectivity index (χ3n) is 10.8. The fourth-order valence-corrected chi connectivity index (χ4v) is 9.75. The molecule has 2 N–H and O–H groups in total. The second-order valence-corrected chi connectivity index (χ2v) is 12.7. The summed E-state index contributed by atoms with van der Waals surface area (Å²) in [4.78, 5) is 31.5. The van der Waals surface area contributed by atoms with Crippen LogP contribution in [0.1, 0.15) is 77.0 Å². The lowest BCUT2D eigenvalue weighted by Crippen LogP contribution is -2.60. The van der Waals surface area contributed by atoms with Crippen LogP contribution >= 0.6 is 0 Å². The van der Waals surface area contributed by atoms with Crippen LogP contribution in [0.25, 0.3) is 0 Å². The normalized spacial score (nSPS) is 50.8. The Bertz CT molecular complexity index is 845. The van der Waals surface area contributed by atoms with E-state index in [9.17, 15) is 14.9 Å². The number of carbonyl (C=O) groups is 2. The average molecular weight is 437 g/mol. The van der Waals surface area contributed by atoms with Crippen LogP contribution in [-0.2, 0) is 9.59 Å². The Morgan fingerprint density at radius 1 is 0.875 bits per heavy atom. The highest BCUT2D eigenvalue weighted by atomic mass is 16.2. The van der Waals surface area contributed by atoms with Crippen molar-refractivity contribution in [3.63, 3.8) is 0 Å². The van der Waals surface area contributed by atoms with Gasteiger partial charge < -0.3 is 15.5 Å². The molecule has 0 radical (unpaired) electrons. The molecule has 172 valence electrons. The van der Waals surface area contributed by atoms with Crippen LogP contribution in [0.4, 0.5) is 0 Å². The summed E-state index contributed by atoms with van der Waals surface area (Å²) in [5, 5.41) is 9.49. The minimum absolute atomic E-state index is 0.00758. The van der Waals surface area contributed by atoms with E-state index in [1.165, 1.54) is 19.3 Å². The van der Waals surface area contributed by atoms with E-state index in [1.54, 1.807) is 0 Å². The van der Waals surface area contributed by atoms with Crippen molar-refractivity contribution in [2.45, 2.75) is 107 Å². The van der Waals surface area contributed by atoms with E-state index in [4.69, 9.17) is 5.73 Å². The van der Waals surface area contributed by atoms with E-state index in [0.717, 1.165) is 75.5 Å². The van der Waals surface area contributed by atoms with Crippen LogP contribution in [0.15, 0.2) is 0 Å². The molecule has 5 saturated carbocycles. The Kier molecular flexibility index (Phi) is 4.16. The summed E-state index contributed by atoms with van der Waals surface area (Å²) < 4.78 is 0. The minimum Gasteiger partial charge on any atom is -0.336 e. The Labute approximate surface area is 190 Å². The molecule has 3 aliphatic heterocycles. The van der Waals surface area contributed by atoms with E-state index in [2.05, 4.69) is 11.0 Å². The summed E-state index contributed by atoms with van der Waals surface area (Å²) in [6.07, 6.45) is 13.2. The molecule has 6 unspecified atom stereocenters. The molecule has 3 heterocycles. The van der Waals surface area contributed by atoms with Gasteiger partial charge >= 0.3 is 0 Å². The maximum atomic E-state index is 14.0. The topological polar surface area (TPSA) is 90.4 Å². The van der Waals surface area contributed by atoms with Crippen LogP contribution in [0.3, 0.4) is 0 Å². The minimum atomic E-state index is -0.523. The second-order valence-electron chi connectivity index (χ2n) is 12.7. The maximum absolute atomic E-state index is 14.0. The maximum Gasteiger partial charge on any atom is 0.241 e. The van der Waals surface area contributed by atoms with Crippen LogP contribution in [0.2, 0.25) is 0 Å². The lowest BCUT2D eigenvalue weighted by Gasteiger charge is -2.57. The third kappa shape index (κ3) is 2.73. The number of piperidine rings is 2. The Balaban J connectivity index is 1.07. The Morgan fingerprint density at radius 2 is 1.47 bits per heavy atom. The van der Waals surface area contributed by atoms with Gasteiger partial charge in [0.15, 0.2) is 0 Å². The second kappa shape index (κ2) is 6.72. The van der Waals surface area contributed by atoms with Crippen molar-refractivity contribution < 1.29 is 9.59 Å². The first-order valence-electron chi connectivity index (χ1n) is 13.3. The standard InChI is InChI=1S/C26H36N4O2/c27-13-21-6-17-9-22(17)30(21)24(31)23(28)18-7-19-1-2-20(8-18)29(19)25(32)26-10-14-3-15(11-26)5-16(4-14)12-26/h14-23H,1-12,28H2. The number of likely N-dealkylation sites (tertiary alicyclic amines) is 1.